The van der Waals surface area contributed by atoms with Crippen LogP contribution in [0, 0.1) is 0 Å². The third-order valence-corrected chi connectivity index (χ3v) is 3.25. The lowest BCUT2D eigenvalue weighted by molar-refractivity contribution is 0.658. The fourth-order valence-electron chi connectivity index (χ4n) is 2.12. The summed E-state index contributed by atoms with van der Waals surface area (Å²) in [5.41, 5.74) is 2.96. The number of hydrogen-bond acceptors (Lipinski definition) is 2. The van der Waals surface area contributed by atoms with Crippen molar-refractivity contribution in [3.05, 3.63) is 70.3 Å². The zero-order valence-electron chi connectivity index (χ0n) is 10.8. The molecule has 2 aromatic heterocycles. The van der Waals surface area contributed by atoms with E-state index in [-0.39, 0.29) is 5.69 Å². The molecule has 0 N–H and O–H groups in total. The number of benzene rings is 1. The second-order valence-electron chi connectivity index (χ2n) is 4.54. The van der Waals surface area contributed by atoms with E-state index in [9.17, 15) is 4.79 Å². The molecule has 0 amide bonds. The number of nitrogens with zero attached hydrogens (tertiary/aromatic N) is 3. The molecule has 0 unspecified atom stereocenters. The van der Waals surface area contributed by atoms with Crippen LogP contribution in [-0.4, -0.2) is 14.2 Å². The van der Waals surface area contributed by atoms with E-state index in [1.165, 1.54) is 10.2 Å². The lowest BCUT2D eigenvalue weighted by Crippen LogP contribution is -2.21. The van der Waals surface area contributed by atoms with E-state index in [4.69, 9.17) is 0 Å². The first-order valence-corrected chi connectivity index (χ1v) is 6.40. The Bertz CT molecular complexity index is 753. The van der Waals surface area contributed by atoms with Gasteiger partial charge in [-0.05, 0) is 29.7 Å². The molecule has 4 heteroatoms. The zero-order valence-corrected chi connectivity index (χ0v) is 10.8. The van der Waals surface area contributed by atoms with Gasteiger partial charge in [0.25, 0.3) is 0 Å². The topological polar surface area (TPSA) is 39.3 Å². The molecule has 96 valence electrons. The molecule has 0 aliphatic carbocycles. The molecule has 3 rings (SSSR count). The molecule has 19 heavy (non-hydrogen) atoms. The van der Waals surface area contributed by atoms with Gasteiger partial charge < -0.3 is 0 Å². The van der Waals surface area contributed by atoms with Gasteiger partial charge in [-0.25, -0.2) is 9.48 Å². The summed E-state index contributed by atoms with van der Waals surface area (Å²) >= 11 is 0. The third-order valence-electron chi connectivity index (χ3n) is 3.25. The van der Waals surface area contributed by atoms with E-state index in [2.05, 4.69) is 36.3 Å². The Kier molecular flexibility index (Phi) is 2.91. The number of hydrogen-bond donors (Lipinski definition) is 0. The van der Waals surface area contributed by atoms with Gasteiger partial charge in [0, 0.05) is 6.20 Å². The van der Waals surface area contributed by atoms with E-state index in [0.717, 1.165) is 12.0 Å². The minimum absolute atomic E-state index is 0.102. The lowest BCUT2D eigenvalue weighted by atomic mass is 10.1. The lowest BCUT2D eigenvalue weighted by Gasteiger charge is -2.01. The normalized spacial score (nSPS) is 11.0. The second kappa shape index (κ2) is 4.72. The largest absolute Gasteiger partial charge is 0.350 e. The van der Waals surface area contributed by atoms with Crippen molar-refractivity contribution in [3.8, 4) is 0 Å². The average Bonchev–Trinajstić information content (AvgIpc) is 2.77. The van der Waals surface area contributed by atoms with E-state index in [1.54, 1.807) is 10.6 Å². The molecule has 0 saturated heterocycles. The highest BCUT2D eigenvalue weighted by molar-refractivity contribution is 5.35. The van der Waals surface area contributed by atoms with Crippen molar-refractivity contribution in [1.82, 2.24) is 14.2 Å². The Balaban J connectivity index is 1.96. The van der Waals surface area contributed by atoms with Crippen LogP contribution in [0.4, 0.5) is 0 Å². The predicted molar refractivity (Wildman–Crippen MR) is 74.4 cm³/mol. The van der Waals surface area contributed by atoms with E-state index in [1.807, 2.05) is 18.2 Å². The summed E-state index contributed by atoms with van der Waals surface area (Å²) in [6.07, 6.45) is 2.76. The molecule has 0 radical (unpaired) electrons. The highest BCUT2D eigenvalue weighted by Gasteiger charge is 2.06. The molecular weight excluding hydrogens is 238 g/mol. The fourth-order valence-corrected chi connectivity index (χ4v) is 2.12. The van der Waals surface area contributed by atoms with Crippen LogP contribution in [-0.2, 0) is 13.0 Å². The predicted octanol–water partition coefficient (Wildman–Crippen LogP) is 2.11. The summed E-state index contributed by atoms with van der Waals surface area (Å²) in [6, 6.07) is 13.8. The van der Waals surface area contributed by atoms with Crippen molar-refractivity contribution >= 4 is 5.65 Å². The maximum absolute atomic E-state index is 12.1. The fraction of sp³-hybridized carbons (Fsp3) is 0.200. The van der Waals surface area contributed by atoms with Crippen LogP contribution < -0.4 is 5.69 Å². The highest BCUT2D eigenvalue weighted by Crippen LogP contribution is 2.06. The van der Waals surface area contributed by atoms with Gasteiger partial charge in [0.15, 0.2) is 5.65 Å². The Morgan fingerprint density at radius 2 is 1.79 bits per heavy atom. The summed E-state index contributed by atoms with van der Waals surface area (Å²) in [6.45, 7) is 2.63. The Labute approximate surface area is 110 Å². The molecule has 0 atom stereocenters. The van der Waals surface area contributed by atoms with Gasteiger partial charge in [-0.1, -0.05) is 37.3 Å². The maximum atomic E-state index is 12.1. The van der Waals surface area contributed by atoms with Gasteiger partial charge in [0.2, 0.25) is 0 Å². The van der Waals surface area contributed by atoms with Gasteiger partial charge in [-0.15, -0.1) is 5.10 Å². The third kappa shape index (κ3) is 2.17. The minimum atomic E-state index is -0.102. The summed E-state index contributed by atoms with van der Waals surface area (Å²) in [5.74, 6) is 0. The Morgan fingerprint density at radius 3 is 2.47 bits per heavy atom. The number of aromatic nitrogens is 3. The van der Waals surface area contributed by atoms with Crippen molar-refractivity contribution in [3.63, 3.8) is 0 Å². The second-order valence-corrected chi connectivity index (χ2v) is 4.54. The van der Waals surface area contributed by atoms with Crippen LogP contribution >= 0.6 is 0 Å². The number of rotatable bonds is 3. The van der Waals surface area contributed by atoms with Crippen LogP contribution in [0.15, 0.2) is 53.5 Å². The van der Waals surface area contributed by atoms with Crippen molar-refractivity contribution in [2.45, 2.75) is 19.9 Å². The van der Waals surface area contributed by atoms with Gasteiger partial charge in [0.05, 0.1) is 6.54 Å². The quantitative estimate of drug-likeness (QED) is 0.717. The van der Waals surface area contributed by atoms with Crippen LogP contribution in [0.25, 0.3) is 5.65 Å². The smallest absolute Gasteiger partial charge is 0.250 e. The first-order valence-electron chi connectivity index (χ1n) is 6.40. The summed E-state index contributed by atoms with van der Waals surface area (Å²) in [5, 5.41) is 4.32. The standard InChI is InChI=1S/C15H15N3O/c1-2-12-6-8-13(9-7-12)11-18-15(19)17-10-4-3-5-14(17)16-18/h3-10H,2,11H2,1H3. The van der Waals surface area contributed by atoms with E-state index >= 15 is 0 Å². The monoisotopic (exact) mass is 253 g/mol. The van der Waals surface area contributed by atoms with Gasteiger partial charge in [-0.3, -0.25) is 4.40 Å². The first kappa shape index (κ1) is 11.7. The molecule has 0 spiro atoms. The Hall–Kier alpha value is -2.36. The Morgan fingerprint density at radius 1 is 1.05 bits per heavy atom. The highest BCUT2D eigenvalue weighted by atomic mass is 16.2. The van der Waals surface area contributed by atoms with Crippen molar-refractivity contribution in [1.29, 1.82) is 0 Å². The first-order chi connectivity index (χ1) is 9.28. The maximum Gasteiger partial charge on any atom is 0.350 e. The van der Waals surface area contributed by atoms with Crippen molar-refractivity contribution in [2.24, 2.45) is 0 Å². The van der Waals surface area contributed by atoms with Crippen LogP contribution in [0.1, 0.15) is 18.1 Å². The van der Waals surface area contributed by atoms with Crippen LogP contribution in [0.2, 0.25) is 0 Å². The molecule has 2 heterocycles. The molecule has 0 bridgehead atoms. The zero-order chi connectivity index (χ0) is 13.2. The molecule has 1 aromatic carbocycles. The SMILES string of the molecule is CCc1ccc(Cn2nc3ccccn3c2=O)cc1. The van der Waals surface area contributed by atoms with Crippen molar-refractivity contribution < 1.29 is 0 Å². The average molecular weight is 253 g/mol. The van der Waals surface area contributed by atoms with Gasteiger partial charge >= 0.3 is 5.69 Å². The summed E-state index contributed by atoms with van der Waals surface area (Å²) < 4.78 is 3.05. The number of aryl methyl sites for hydroxylation is 1. The van der Waals surface area contributed by atoms with Crippen LogP contribution in [0.5, 0.6) is 0 Å². The molecule has 0 saturated carbocycles. The molecular formula is C15H15N3O. The number of pyridine rings is 1. The van der Waals surface area contributed by atoms with Crippen LogP contribution in [0.3, 0.4) is 0 Å². The van der Waals surface area contributed by atoms with E-state index in [0.29, 0.717) is 12.2 Å². The molecule has 0 aliphatic heterocycles. The molecule has 0 aliphatic rings. The van der Waals surface area contributed by atoms with Crippen molar-refractivity contribution in [2.75, 3.05) is 0 Å². The molecule has 4 nitrogen and oxygen atoms in total. The van der Waals surface area contributed by atoms with E-state index < -0.39 is 0 Å². The number of fused-ring (bicyclic) bond motifs is 1. The van der Waals surface area contributed by atoms with Gasteiger partial charge in [-0.2, -0.15) is 0 Å². The summed E-state index contributed by atoms with van der Waals surface area (Å²) in [7, 11) is 0. The minimum Gasteiger partial charge on any atom is -0.250 e. The summed E-state index contributed by atoms with van der Waals surface area (Å²) in [4.78, 5) is 12.1. The van der Waals surface area contributed by atoms with Gasteiger partial charge in [0.1, 0.15) is 0 Å². The molecule has 0 fully saturated rings. The molecule has 3 aromatic rings.